The molecular weight excluding hydrogens is 244 g/mol. The molecule has 1 rings (SSSR count). The van der Waals surface area contributed by atoms with Crippen molar-refractivity contribution >= 4 is 17.2 Å². The van der Waals surface area contributed by atoms with Gasteiger partial charge in [-0.25, -0.2) is 0 Å². The van der Waals surface area contributed by atoms with Gasteiger partial charge in [0.1, 0.15) is 0 Å². The maximum atomic E-state index is 11.9. The quantitative estimate of drug-likeness (QED) is 0.711. The molecule has 4 heteroatoms. The molecule has 18 heavy (non-hydrogen) atoms. The summed E-state index contributed by atoms with van der Waals surface area (Å²) in [6, 6.07) is 4.30. The van der Waals surface area contributed by atoms with Crippen LogP contribution in [0.2, 0.25) is 0 Å². The van der Waals surface area contributed by atoms with E-state index < -0.39 is 0 Å². The minimum absolute atomic E-state index is 0.0958. The Kier molecular flexibility index (Phi) is 6.98. The molecule has 0 aliphatic heterocycles. The number of hydrogen-bond donors (Lipinski definition) is 2. The van der Waals surface area contributed by atoms with Crippen LogP contribution in [-0.4, -0.2) is 18.5 Å². The van der Waals surface area contributed by atoms with Crippen LogP contribution in [0.1, 0.15) is 51.0 Å². The lowest BCUT2D eigenvalue weighted by Crippen LogP contribution is -2.43. The van der Waals surface area contributed by atoms with E-state index in [0.29, 0.717) is 0 Å². The first-order valence-electron chi connectivity index (χ1n) is 6.76. The van der Waals surface area contributed by atoms with Crippen molar-refractivity contribution < 1.29 is 4.79 Å². The van der Waals surface area contributed by atoms with Gasteiger partial charge in [-0.1, -0.05) is 26.3 Å². The van der Waals surface area contributed by atoms with Crippen LogP contribution in [0, 0.1) is 0 Å². The Balaban J connectivity index is 2.42. The number of thiophene rings is 1. The van der Waals surface area contributed by atoms with Gasteiger partial charge in [0.25, 0.3) is 0 Å². The Labute approximate surface area is 114 Å². The van der Waals surface area contributed by atoms with E-state index in [9.17, 15) is 4.79 Å². The van der Waals surface area contributed by atoms with E-state index in [1.165, 1.54) is 4.88 Å². The van der Waals surface area contributed by atoms with Gasteiger partial charge in [0.15, 0.2) is 0 Å². The van der Waals surface area contributed by atoms with Crippen molar-refractivity contribution in [3.8, 4) is 0 Å². The molecule has 1 aromatic rings. The highest BCUT2D eigenvalue weighted by Crippen LogP contribution is 2.22. The van der Waals surface area contributed by atoms with Crippen molar-refractivity contribution in [3.63, 3.8) is 0 Å². The fraction of sp³-hybridized carbons (Fsp3) is 0.643. The molecule has 2 atom stereocenters. The average molecular weight is 268 g/mol. The third-order valence-corrected chi connectivity index (χ3v) is 3.95. The normalized spacial score (nSPS) is 14.2. The van der Waals surface area contributed by atoms with Gasteiger partial charge in [0, 0.05) is 17.5 Å². The maximum absolute atomic E-state index is 11.9. The largest absolute Gasteiger partial charge is 0.355 e. The molecule has 0 bridgehead atoms. The summed E-state index contributed by atoms with van der Waals surface area (Å²) in [5.41, 5.74) is 0. The van der Waals surface area contributed by atoms with E-state index in [1.807, 2.05) is 6.92 Å². The van der Waals surface area contributed by atoms with E-state index in [1.54, 1.807) is 11.3 Å². The van der Waals surface area contributed by atoms with Crippen molar-refractivity contribution in [3.05, 3.63) is 22.4 Å². The summed E-state index contributed by atoms with van der Waals surface area (Å²) in [4.78, 5) is 13.2. The van der Waals surface area contributed by atoms with Crippen molar-refractivity contribution in [2.45, 2.75) is 52.1 Å². The Hall–Kier alpha value is -0.870. The maximum Gasteiger partial charge on any atom is 0.236 e. The zero-order valence-corrected chi connectivity index (χ0v) is 12.3. The molecule has 102 valence electrons. The third kappa shape index (κ3) is 4.78. The predicted molar refractivity (Wildman–Crippen MR) is 77.9 cm³/mol. The van der Waals surface area contributed by atoms with Crippen molar-refractivity contribution in [2.24, 2.45) is 0 Å². The van der Waals surface area contributed by atoms with Crippen molar-refractivity contribution in [1.29, 1.82) is 0 Å². The lowest BCUT2D eigenvalue weighted by atomic mass is 10.1. The van der Waals surface area contributed by atoms with Crippen LogP contribution in [0.3, 0.4) is 0 Å². The summed E-state index contributed by atoms with van der Waals surface area (Å²) in [7, 11) is 0. The van der Waals surface area contributed by atoms with Gasteiger partial charge in [0.05, 0.1) is 6.04 Å². The fourth-order valence-corrected chi connectivity index (χ4v) is 2.68. The van der Waals surface area contributed by atoms with E-state index >= 15 is 0 Å². The standard InChI is InChI=1S/C14H24N2OS/c1-4-6-9-15-14(17)11(3)16-12(5-2)13-8-7-10-18-13/h7-8,10-12,16H,4-6,9H2,1-3H3,(H,15,17). The van der Waals surface area contributed by atoms with E-state index in [-0.39, 0.29) is 18.0 Å². The predicted octanol–water partition coefficient (Wildman–Crippen LogP) is 3.09. The van der Waals surface area contributed by atoms with Gasteiger partial charge in [0.2, 0.25) is 5.91 Å². The van der Waals surface area contributed by atoms with Gasteiger partial charge in [-0.15, -0.1) is 11.3 Å². The molecule has 3 nitrogen and oxygen atoms in total. The SMILES string of the molecule is CCCCNC(=O)C(C)NC(CC)c1cccs1. The monoisotopic (exact) mass is 268 g/mol. The Morgan fingerprint density at radius 3 is 2.78 bits per heavy atom. The lowest BCUT2D eigenvalue weighted by Gasteiger charge is -2.21. The van der Waals surface area contributed by atoms with Crippen LogP contribution in [0.15, 0.2) is 17.5 Å². The molecular formula is C14H24N2OS. The summed E-state index contributed by atoms with van der Waals surface area (Å²) < 4.78 is 0. The average Bonchev–Trinajstić information content (AvgIpc) is 2.89. The minimum atomic E-state index is -0.145. The number of amides is 1. The van der Waals surface area contributed by atoms with E-state index in [2.05, 4.69) is 42.0 Å². The number of rotatable bonds is 8. The van der Waals surface area contributed by atoms with E-state index in [0.717, 1.165) is 25.8 Å². The molecule has 0 aliphatic carbocycles. The van der Waals surface area contributed by atoms with Gasteiger partial charge in [-0.05, 0) is 31.2 Å². The van der Waals surface area contributed by atoms with Gasteiger partial charge < -0.3 is 5.32 Å². The summed E-state index contributed by atoms with van der Waals surface area (Å²) in [6.07, 6.45) is 3.14. The van der Waals surface area contributed by atoms with Gasteiger partial charge >= 0.3 is 0 Å². The lowest BCUT2D eigenvalue weighted by molar-refractivity contribution is -0.122. The molecule has 1 heterocycles. The summed E-state index contributed by atoms with van der Waals surface area (Å²) in [6.45, 7) is 6.96. The topological polar surface area (TPSA) is 41.1 Å². The number of unbranched alkanes of at least 4 members (excludes halogenated alkanes) is 1. The second-order valence-electron chi connectivity index (χ2n) is 4.51. The first-order valence-corrected chi connectivity index (χ1v) is 7.64. The first kappa shape index (κ1) is 15.2. The highest BCUT2D eigenvalue weighted by Gasteiger charge is 2.18. The van der Waals surface area contributed by atoms with Crippen molar-refractivity contribution in [1.82, 2.24) is 10.6 Å². The molecule has 2 N–H and O–H groups in total. The van der Waals surface area contributed by atoms with Crippen LogP contribution in [0.5, 0.6) is 0 Å². The fourth-order valence-electron chi connectivity index (χ4n) is 1.81. The molecule has 1 amide bonds. The molecule has 0 spiro atoms. The number of nitrogens with one attached hydrogen (secondary N) is 2. The second kappa shape index (κ2) is 8.27. The molecule has 0 saturated carbocycles. The van der Waals surface area contributed by atoms with Crippen LogP contribution in [0.4, 0.5) is 0 Å². The summed E-state index contributed by atoms with van der Waals surface area (Å²) in [5.74, 6) is 0.0958. The second-order valence-corrected chi connectivity index (χ2v) is 5.49. The van der Waals surface area contributed by atoms with Crippen LogP contribution >= 0.6 is 11.3 Å². The molecule has 0 aromatic carbocycles. The molecule has 0 aliphatic rings. The zero-order chi connectivity index (χ0) is 13.4. The Morgan fingerprint density at radius 1 is 1.44 bits per heavy atom. The molecule has 2 unspecified atom stereocenters. The number of carbonyl (C=O) groups excluding carboxylic acids is 1. The third-order valence-electron chi connectivity index (χ3n) is 2.97. The first-order chi connectivity index (χ1) is 8.69. The zero-order valence-electron chi connectivity index (χ0n) is 11.5. The number of carbonyl (C=O) groups is 1. The van der Waals surface area contributed by atoms with Crippen LogP contribution in [0.25, 0.3) is 0 Å². The highest BCUT2D eigenvalue weighted by molar-refractivity contribution is 7.10. The Morgan fingerprint density at radius 2 is 2.22 bits per heavy atom. The van der Waals surface area contributed by atoms with Gasteiger partial charge in [-0.3, -0.25) is 10.1 Å². The van der Waals surface area contributed by atoms with Crippen LogP contribution < -0.4 is 10.6 Å². The van der Waals surface area contributed by atoms with Crippen molar-refractivity contribution in [2.75, 3.05) is 6.54 Å². The van der Waals surface area contributed by atoms with E-state index in [4.69, 9.17) is 0 Å². The summed E-state index contributed by atoms with van der Waals surface area (Å²) >= 11 is 1.74. The van der Waals surface area contributed by atoms with Gasteiger partial charge in [-0.2, -0.15) is 0 Å². The molecule has 1 aromatic heterocycles. The summed E-state index contributed by atoms with van der Waals surface area (Å²) in [5, 5.41) is 8.43. The Bertz CT molecular complexity index is 338. The minimum Gasteiger partial charge on any atom is -0.355 e. The smallest absolute Gasteiger partial charge is 0.236 e. The molecule has 0 saturated heterocycles. The number of hydrogen-bond acceptors (Lipinski definition) is 3. The van der Waals surface area contributed by atoms with Crippen LogP contribution in [-0.2, 0) is 4.79 Å². The molecule has 0 radical (unpaired) electrons. The highest BCUT2D eigenvalue weighted by atomic mass is 32.1. The molecule has 0 fully saturated rings.